The quantitative estimate of drug-likeness (QED) is 0.445. The van der Waals surface area contributed by atoms with Crippen molar-refractivity contribution in [2.24, 2.45) is 0 Å². The molecule has 1 N–H and O–H groups in total. The van der Waals surface area contributed by atoms with Gasteiger partial charge in [-0.3, -0.25) is 9.80 Å². The van der Waals surface area contributed by atoms with Crippen LogP contribution in [-0.2, 0) is 6.61 Å². The summed E-state index contributed by atoms with van der Waals surface area (Å²) < 4.78 is 6.08. The third-order valence-electron chi connectivity index (χ3n) is 6.89. The average molecular weight is 501 g/mol. The molecule has 1 saturated heterocycles. The Kier molecular flexibility index (Phi) is 8.06. The lowest BCUT2D eigenvalue weighted by Gasteiger charge is -2.34. The minimum atomic E-state index is -0.907. The van der Waals surface area contributed by atoms with Crippen molar-refractivity contribution >= 4 is 23.8 Å². The number of rotatable bonds is 8. The number of nitrogens with zero attached hydrogens (tertiary/aromatic N) is 2. The van der Waals surface area contributed by atoms with E-state index in [1.807, 2.05) is 30.0 Å². The maximum atomic E-state index is 11.6. The molecule has 0 aliphatic carbocycles. The first-order valence-electron chi connectivity index (χ1n) is 12.5. The number of carboxylic acid groups (broad SMARTS) is 1. The first-order chi connectivity index (χ1) is 17.7. The largest absolute Gasteiger partial charge is 0.489 e. The van der Waals surface area contributed by atoms with Crippen LogP contribution >= 0.6 is 11.8 Å². The highest BCUT2D eigenvalue weighted by Crippen LogP contribution is 2.44. The summed E-state index contributed by atoms with van der Waals surface area (Å²) in [7, 11) is 0. The summed E-state index contributed by atoms with van der Waals surface area (Å²) in [5, 5.41) is 9.61. The van der Waals surface area contributed by atoms with Crippen molar-refractivity contribution in [3.63, 3.8) is 0 Å². The minimum absolute atomic E-state index is 0.0578. The van der Waals surface area contributed by atoms with Gasteiger partial charge in [0, 0.05) is 50.6 Å². The van der Waals surface area contributed by atoms with Gasteiger partial charge in [-0.05, 0) is 34.9 Å². The van der Waals surface area contributed by atoms with Crippen molar-refractivity contribution in [3.8, 4) is 5.75 Å². The van der Waals surface area contributed by atoms with Crippen LogP contribution < -0.4 is 4.74 Å². The summed E-state index contributed by atoms with van der Waals surface area (Å²) in [4.78, 5) is 16.7. The molecular weight excluding hydrogens is 468 g/mol. The molecule has 0 bridgehead atoms. The topological polar surface area (TPSA) is 53.0 Å². The van der Waals surface area contributed by atoms with Gasteiger partial charge in [0.15, 0.2) is 0 Å². The number of benzene rings is 3. The van der Waals surface area contributed by atoms with Gasteiger partial charge < -0.3 is 9.84 Å². The Bertz CT molecular complexity index is 1210. The third-order valence-corrected chi connectivity index (χ3v) is 8.15. The SMILES string of the molecule is O=C(O)c1ccc2c(c1)C(SCCN1CCN(CC=Cc3ccccc3)CC1)c1ccccc1CO2. The van der Waals surface area contributed by atoms with E-state index in [2.05, 4.69) is 64.4 Å². The van der Waals surface area contributed by atoms with E-state index in [-0.39, 0.29) is 5.25 Å². The molecule has 3 aromatic rings. The fourth-order valence-electron chi connectivity index (χ4n) is 4.84. The first kappa shape index (κ1) is 24.6. The van der Waals surface area contributed by atoms with Gasteiger partial charge in [0.25, 0.3) is 0 Å². The molecule has 0 saturated carbocycles. The van der Waals surface area contributed by atoms with Crippen LogP contribution in [0.15, 0.2) is 78.9 Å². The Morgan fingerprint density at radius 2 is 1.69 bits per heavy atom. The zero-order valence-corrected chi connectivity index (χ0v) is 21.2. The number of piperazine rings is 1. The van der Waals surface area contributed by atoms with Gasteiger partial charge in [-0.15, -0.1) is 11.8 Å². The number of carboxylic acids is 1. The molecule has 0 aromatic heterocycles. The van der Waals surface area contributed by atoms with E-state index in [0.717, 1.165) is 56.3 Å². The summed E-state index contributed by atoms with van der Waals surface area (Å²) >= 11 is 1.88. The second kappa shape index (κ2) is 11.8. The first-order valence-corrected chi connectivity index (χ1v) is 13.6. The predicted octanol–water partition coefficient (Wildman–Crippen LogP) is 5.43. The lowest BCUT2D eigenvalue weighted by Crippen LogP contribution is -2.46. The maximum absolute atomic E-state index is 11.6. The molecule has 36 heavy (non-hydrogen) atoms. The van der Waals surface area contributed by atoms with Gasteiger partial charge in [-0.2, -0.15) is 0 Å². The van der Waals surface area contributed by atoms with E-state index in [0.29, 0.717) is 12.2 Å². The molecule has 6 heteroatoms. The van der Waals surface area contributed by atoms with Gasteiger partial charge in [0.2, 0.25) is 0 Å². The van der Waals surface area contributed by atoms with Gasteiger partial charge >= 0.3 is 5.97 Å². The number of fused-ring (bicyclic) bond motifs is 2. The van der Waals surface area contributed by atoms with Crippen LogP contribution in [0.2, 0.25) is 0 Å². The number of aromatic carboxylic acids is 1. The zero-order chi connectivity index (χ0) is 24.7. The van der Waals surface area contributed by atoms with Crippen molar-refractivity contribution in [2.45, 2.75) is 11.9 Å². The van der Waals surface area contributed by atoms with Gasteiger partial charge in [-0.1, -0.05) is 66.7 Å². The van der Waals surface area contributed by atoms with Gasteiger partial charge in [0.1, 0.15) is 12.4 Å². The molecule has 1 atom stereocenters. The molecule has 1 fully saturated rings. The van der Waals surface area contributed by atoms with Gasteiger partial charge in [-0.25, -0.2) is 4.79 Å². The lowest BCUT2D eigenvalue weighted by atomic mass is 9.98. The van der Waals surface area contributed by atoms with Crippen molar-refractivity contribution in [2.75, 3.05) is 45.0 Å². The van der Waals surface area contributed by atoms with Crippen molar-refractivity contribution in [1.29, 1.82) is 0 Å². The van der Waals surface area contributed by atoms with Crippen LogP contribution in [0.1, 0.15) is 37.9 Å². The summed E-state index contributed by atoms with van der Waals surface area (Å²) in [6.07, 6.45) is 4.46. The van der Waals surface area contributed by atoms with Crippen molar-refractivity contribution in [1.82, 2.24) is 9.80 Å². The monoisotopic (exact) mass is 500 g/mol. The summed E-state index contributed by atoms with van der Waals surface area (Å²) in [6.45, 7) is 6.81. The number of hydrogen-bond donors (Lipinski definition) is 1. The van der Waals surface area contributed by atoms with E-state index in [9.17, 15) is 9.90 Å². The maximum Gasteiger partial charge on any atom is 0.335 e. The zero-order valence-electron chi connectivity index (χ0n) is 20.4. The number of ether oxygens (including phenoxy) is 1. The number of thioether (sulfide) groups is 1. The summed E-state index contributed by atoms with van der Waals surface area (Å²) in [5.74, 6) is 0.852. The fraction of sp³-hybridized carbons (Fsp3) is 0.300. The summed E-state index contributed by atoms with van der Waals surface area (Å²) in [5.41, 5.74) is 4.90. The molecular formula is C30H32N2O3S. The van der Waals surface area contributed by atoms with Crippen LogP contribution in [0.4, 0.5) is 0 Å². The third kappa shape index (κ3) is 6.01. The Balaban J connectivity index is 1.18. The number of carbonyl (C=O) groups is 1. The molecule has 2 aliphatic heterocycles. The molecule has 5 nitrogen and oxygen atoms in total. The van der Waals surface area contributed by atoms with Crippen LogP contribution in [0.5, 0.6) is 5.75 Å². The van der Waals surface area contributed by atoms with E-state index in [4.69, 9.17) is 4.74 Å². The minimum Gasteiger partial charge on any atom is -0.489 e. The second-order valence-corrected chi connectivity index (χ2v) is 10.5. The predicted molar refractivity (Wildman–Crippen MR) is 147 cm³/mol. The average Bonchev–Trinajstić information content (AvgIpc) is 3.07. The molecule has 0 spiro atoms. The fourth-order valence-corrected chi connectivity index (χ4v) is 6.21. The highest BCUT2D eigenvalue weighted by molar-refractivity contribution is 7.99. The standard InChI is InChI=1S/C30H32N2O3S/c33-30(34)24-12-13-28-27(21-24)29(26-11-5-4-10-25(26)22-35-28)36-20-19-32-17-15-31(16-18-32)14-6-9-23-7-2-1-3-8-23/h1-13,21,29H,14-20,22H2,(H,33,34). The molecule has 2 heterocycles. The van der Waals surface area contributed by atoms with E-state index >= 15 is 0 Å². The van der Waals surface area contributed by atoms with Crippen molar-refractivity contribution in [3.05, 3.63) is 107 Å². The normalized spacial score (nSPS) is 18.3. The second-order valence-electron chi connectivity index (χ2n) is 9.25. The van der Waals surface area contributed by atoms with Crippen LogP contribution in [0.3, 0.4) is 0 Å². The molecule has 1 unspecified atom stereocenters. The highest BCUT2D eigenvalue weighted by atomic mass is 32.2. The van der Waals surface area contributed by atoms with E-state index in [1.54, 1.807) is 12.1 Å². The highest BCUT2D eigenvalue weighted by Gasteiger charge is 2.26. The molecule has 0 amide bonds. The Morgan fingerprint density at radius 3 is 2.50 bits per heavy atom. The summed E-state index contributed by atoms with van der Waals surface area (Å²) in [6, 6.07) is 24.0. The number of hydrogen-bond acceptors (Lipinski definition) is 5. The van der Waals surface area contributed by atoms with Crippen LogP contribution in [-0.4, -0.2) is 65.9 Å². The Labute approximate surface area is 217 Å². The van der Waals surface area contributed by atoms with Crippen molar-refractivity contribution < 1.29 is 14.6 Å². The van der Waals surface area contributed by atoms with E-state index < -0.39 is 5.97 Å². The lowest BCUT2D eigenvalue weighted by molar-refractivity contribution is 0.0696. The van der Waals surface area contributed by atoms with Gasteiger partial charge in [0.05, 0.1) is 10.8 Å². The molecule has 0 radical (unpaired) electrons. The molecule has 186 valence electrons. The smallest absolute Gasteiger partial charge is 0.335 e. The molecule has 2 aliphatic rings. The van der Waals surface area contributed by atoms with Crippen LogP contribution in [0, 0.1) is 0 Å². The van der Waals surface area contributed by atoms with E-state index in [1.165, 1.54) is 16.7 Å². The molecule has 5 rings (SSSR count). The Morgan fingerprint density at radius 1 is 0.944 bits per heavy atom. The van der Waals surface area contributed by atoms with Crippen LogP contribution in [0.25, 0.3) is 6.08 Å². The molecule has 3 aromatic carbocycles. The Hall–Kier alpha value is -3.06.